The fourth-order valence-corrected chi connectivity index (χ4v) is 4.26. The van der Waals surface area contributed by atoms with Gasteiger partial charge in [0.2, 0.25) is 5.91 Å². The molecule has 0 bridgehead atoms. The molecule has 0 aliphatic carbocycles. The van der Waals surface area contributed by atoms with Crippen LogP contribution in [0, 0.1) is 5.82 Å². The second-order valence-electron chi connectivity index (χ2n) is 7.38. The van der Waals surface area contributed by atoms with Crippen LogP contribution >= 0.6 is 22.6 Å². The van der Waals surface area contributed by atoms with Crippen LogP contribution in [-0.4, -0.2) is 29.8 Å². The molecule has 2 N–H and O–H groups in total. The highest BCUT2D eigenvalue weighted by molar-refractivity contribution is 14.1. The summed E-state index contributed by atoms with van der Waals surface area (Å²) >= 11 is 2.17. The van der Waals surface area contributed by atoms with Crippen LogP contribution in [0.1, 0.15) is 37.8 Å². The minimum atomic E-state index is -0.292. The number of nitrogens with zero attached hydrogens (tertiary/aromatic N) is 2. The van der Waals surface area contributed by atoms with Gasteiger partial charge in [-0.05, 0) is 60.2 Å². The maximum absolute atomic E-state index is 14.6. The quantitative estimate of drug-likeness (QED) is 0.407. The molecular formula is C22H24FIN4O2. The molecule has 30 heavy (non-hydrogen) atoms. The van der Waals surface area contributed by atoms with Crippen LogP contribution in [0.5, 0.6) is 5.75 Å². The van der Waals surface area contributed by atoms with Gasteiger partial charge in [0.15, 0.2) is 0 Å². The minimum absolute atomic E-state index is 0.117. The molecule has 158 valence electrons. The Kier molecular flexibility index (Phi) is 6.12. The molecule has 1 amide bonds. The van der Waals surface area contributed by atoms with E-state index in [-0.39, 0.29) is 17.8 Å². The fraction of sp³-hybridized carbons (Fsp3) is 0.364. The SMILES string of the molecule is CNc1cc(N2CCCC2=O)cc(NC2CCOc3cccc(F)c32)c1/N=C(/C)I. The topological polar surface area (TPSA) is 66.0 Å². The van der Waals surface area contributed by atoms with Crippen molar-refractivity contribution in [2.45, 2.75) is 32.2 Å². The number of fused-ring (bicyclic) bond motifs is 1. The van der Waals surface area contributed by atoms with Crippen LogP contribution in [0.25, 0.3) is 0 Å². The van der Waals surface area contributed by atoms with Crippen LogP contribution in [0.4, 0.5) is 27.1 Å². The van der Waals surface area contributed by atoms with E-state index in [2.05, 4.69) is 33.2 Å². The first-order valence-electron chi connectivity index (χ1n) is 10.0. The normalized spacial score (nSPS) is 18.8. The van der Waals surface area contributed by atoms with Gasteiger partial charge in [-0.1, -0.05) is 6.07 Å². The molecule has 1 unspecified atom stereocenters. The molecular weight excluding hydrogens is 498 g/mol. The molecule has 2 aromatic rings. The van der Waals surface area contributed by atoms with E-state index < -0.39 is 0 Å². The van der Waals surface area contributed by atoms with Gasteiger partial charge in [0.25, 0.3) is 0 Å². The van der Waals surface area contributed by atoms with Crippen LogP contribution in [0.15, 0.2) is 35.3 Å². The number of anilines is 3. The summed E-state index contributed by atoms with van der Waals surface area (Å²) in [5, 5.41) is 6.70. The summed E-state index contributed by atoms with van der Waals surface area (Å²) in [6.07, 6.45) is 2.03. The lowest BCUT2D eigenvalue weighted by Crippen LogP contribution is -2.25. The number of aliphatic imine (C=N–C) groups is 1. The summed E-state index contributed by atoms with van der Waals surface area (Å²) < 4.78 is 21.2. The van der Waals surface area contributed by atoms with Crippen LogP contribution in [-0.2, 0) is 4.79 Å². The van der Waals surface area contributed by atoms with Crippen molar-refractivity contribution >= 4 is 55.0 Å². The Bertz CT molecular complexity index is 1010. The first kappa shape index (κ1) is 20.9. The van der Waals surface area contributed by atoms with Gasteiger partial charge in [-0.3, -0.25) is 4.79 Å². The van der Waals surface area contributed by atoms with Crippen molar-refractivity contribution < 1.29 is 13.9 Å². The number of carbonyl (C=O) groups is 1. The van der Waals surface area contributed by atoms with E-state index in [9.17, 15) is 9.18 Å². The zero-order valence-corrected chi connectivity index (χ0v) is 19.1. The number of hydrogen-bond donors (Lipinski definition) is 2. The van der Waals surface area contributed by atoms with Crippen molar-refractivity contribution in [2.24, 2.45) is 4.99 Å². The first-order valence-corrected chi connectivity index (χ1v) is 11.1. The van der Waals surface area contributed by atoms with Gasteiger partial charge in [-0.15, -0.1) is 0 Å². The largest absolute Gasteiger partial charge is 0.493 e. The summed E-state index contributed by atoms with van der Waals surface area (Å²) in [6.45, 7) is 3.12. The van der Waals surface area contributed by atoms with E-state index in [0.29, 0.717) is 37.3 Å². The fourth-order valence-electron chi connectivity index (χ4n) is 4.02. The van der Waals surface area contributed by atoms with E-state index in [4.69, 9.17) is 9.73 Å². The Morgan fingerprint density at radius 1 is 1.33 bits per heavy atom. The van der Waals surface area contributed by atoms with Crippen molar-refractivity contribution in [3.05, 3.63) is 41.7 Å². The smallest absolute Gasteiger partial charge is 0.227 e. The summed E-state index contributed by atoms with van der Waals surface area (Å²) in [5.41, 5.74) is 3.65. The number of amides is 1. The van der Waals surface area contributed by atoms with E-state index in [1.54, 1.807) is 17.0 Å². The van der Waals surface area contributed by atoms with Crippen LogP contribution < -0.4 is 20.3 Å². The van der Waals surface area contributed by atoms with Gasteiger partial charge in [-0.25, -0.2) is 9.38 Å². The summed E-state index contributed by atoms with van der Waals surface area (Å²) in [7, 11) is 1.83. The number of halogens is 2. The summed E-state index contributed by atoms with van der Waals surface area (Å²) in [4.78, 5) is 18.8. The highest BCUT2D eigenvalue weighted by atomic mass is 127. The predicted molar refractivity (Wildman–Crippen MR) is 127 cm³/mol. The predicted octanol–water partition coefficient (Wildman–Crippen LogP) is 5.41. The summed E-state index contributed by atoms with van der Waals surface area (Å²) in [6, 6.07) is 8.54. The van der Waals surface area contributed by atoms with Gasteiger partial charge < -0.3 is 20.3 Å². The maximum Gasteiger partial charge on any atom is 0.227 e. The van der Waals surface area contributed by atoms with Gasteiger partial charge >= 0.3 is 0 Å². The number of rotatable bonds is 5. The lowest BCUT2D eigenvalue weighted by Gasteiger charge is -2.29. The van der Waals surface area contributed by atoms with Crippen molar-refractivity contribution in [1.82, 2.24) is 0 Å². The Morgan fingerprint density at radius 3 is 2.83 bits per heavy atom. The molecule has 1 fully saturated rings. The molecule has 6 nitrogen and oxygen atoms in total. The van der Waals surface area contributed by atoms with Crippen molar-refractivity contribution in [3.63, 3.8) is 0 Å². The minimum Gasteiger partial charge on any atom is -0.493 e. The maximum atomic E-state index is 14.6. The molecule has 2 heterocycles. The molecule has 8 heteroatoms. The van der Waals surface area contributed by atoms with E-state index in [1.807, 2.05) is 26.1 Å². The van der Waals surface area contributed by atoms with Crippen molar-refractivity contribution in [2.75, 3.05) is 35.7 Å². The van der Waals surface area contributed by atoms with Crippen LogP contribution in [0.2, 0.25) is 0 Å². The monoisotopic (exact) mass is 522 g/mol. The molecule has 0 aromatic heterocycles. The molecule has 1 atom stereocenters. The molecule has 0 spiro atoms. The lowest BCUT2D eigenvalue weighted by molar-refractivity contribution is -0.117. The Labute approximate surface area is 189 Å². The van der Waals surface area contributed by atoms with E-state index in [1.165, 1.54) is 6.07 Å². The first-order chi connectivity index (χ1) is 14.5. The van der Waals surface area contributed by atoms with E-state index >= 15 is 0 Å². The summed E-state index contributed by atoms with van der Waals surface area (Å²) in [5.74, 6) is 0.389. The Morgan fingerprint density at radius 2 is 2.13 bits per heavy atom. The second kappa shape index (κ2) is 8.79. The molecule has 4 rings (SSSR count). The molecule has 0 radical (unpaired) electrons. The Balaban J connectivity index is 1.80. The zero-order chi connectivity index (χ0) is 21.3. The number of carbonyl (C=O) groups excluding carboxylic acids is 1. The number of benzene rings is 2. The number of ether oxygens (including phenoxy) is 1. The average Bonchev–Trinajstić information content (AvgIpc) is 3.15. The van der Waals surface area contributed by atoms with Gasteiger partial charge in [-0.2, -0.15) is 0 Å². The third-order valence-electron chi connectivity index (χ3n) is 5.37. The highest BCUT2D eigenvalue weighted by Crippen LogP contribution is 2.43. The standard InChI is InChI=1S/C22H24FIN4O2/c1-13(24)26-22-17(25-2)11-14(28-9-4-7-20(28)29)12-18(22)27-16-8-10-30-19-6-3-5-15(23)21(16)19/h3,5-6,11-12,16,25,27H,4,7-10H2,1-2H3/b26-13-. The molecule has 1 saturated heterocycles. The third-order valence-corrected chi connectivity index (χ3v) is 5.61. The van der Waals surface area contributed by atoms with Crippen molar-refractivity contribution in [3.8, 4) is 5.75 Å². The molecule has 2 aromatic carbocycles. The molecule has 2 aliphatic rings. The van der Waals surface area contributed by atoms with E-state index in [0.717, 1.165) is 32.9 Å². The second-order valence-corrected chi connectivity index (χ2v) is 8.94. The van der Waals surface area contributed by atoms with Crippen LogP contribution in [0.3, 0.4) is 0 Å². The third kappa shape index (κ3) is 4.10. The van der Waals surface area contributed by atoms with Gasteiger partial charge in [0.05, 0.1) is 33.3 Å². The average molecular weight is 522 g/mol. The van der Waals surface area contributed by atoms with Gasteiger partial charge in [0, 0.05) is 32.1 Å². The number of hydrogen-bond acceptors (Lipinski definition) is 5. The Hall–Kier alpha value is -2.36. The lowest BCUT2D eigenvalue weighted by atomic mass is 9.99. The van der Waals surface area contributed by atoms with Gasteiger partial charge in [0.1, 0.15) is 17.3 Å². The molecule has 2 aliphatic heterocycles. The number of nitrogens with one attached hydrogen (secondary N) is 2. The zero-order valence-electron chi connectivity index (χ0n) is 17.0. The highest BCUT2D eigenvalue weighted by Gasteiger charge is 2.28. The van der Waals surface area contributed by atoms with Crippen molar-refractivity contribution in [1.29, 1.82) is 0 Å². The molecule has 0 saturated carbocycles.